The molecule has 0 aromatic heterocycles. The first-order valence-electron chi connectivity index (χ1n) is 7.82. The maximum absolute atomic E-state index is 5.46. The highest BCUT2D eigenvalue weighted by Crippen LogP contribution is 2.38. The molecule has 2 nitrogen and oxygen atoms in total. The van der Waals surface area contributed by atoms with Crippen molar-refractivity contribution >= 4 is 0 Å². The summed E-state index contributed by atoms with van der Waals surface area (Å²) in [6.07, 6.45) is 6.56. The summed E-state index contributed by atoms with van der Waals surface area (Å²) in [6, 6.07) is 1.39. The molecule has 106 valence electrons. The summed E-state index contributed by atoms with van der Waals surface area (Å²) in [5.41, 5.74) is 0.555. The van der Waals surface area contributed by atoms with Gasteiger partial charge in [0.25, 0.3) is 0 Å². The van der Waals surface area contributed by atoms with Crippen LogP contribution in [0.25, 0.3) is 0 Å². The summed E-state index contributed by atoms with van der Waals surface area (Å²) in [4.78, 5) is 0. The van der Waals surface area contributed by atoms with Crippen LogP contribution in [0, 0.1) is 17.3 Å². The van der Waals surface area contributed by atoms with Gasteiger partial charge < -0.3 is 10.1 Å². The molecule has 0 spiro atoms. The molecule has 2 rings (SSSR count). The molecule has 2 heteroatoms. The van der Waals surface area contributed by atoms with Crippen LogP contribution in [0.4, 0.5) is 0 Å². The van der Waals surface area contributed by atoms with Crippen molar-refractivity contribution in [1.29, 1.82) is 0 Å². The molecule has 2 fully saturated rings. The third-order valence-corrected chi connectivity index (χ3v) is 5.14. The van der Waals surface area contributed by atoms with Gasteiger partial charge in [-0.15, -0.1) is 0 Å². The van der Waals surface area contributed by atoms with Crippen molar-refractivity contribution < 1.29 is 4.74 Å². The molecule has 0 aromatic carbocycles. The second kappa shape index (κ2) is 5.92. The molecule has 1 N–H and O–H groups in total. The largest absolute Gasteiger partial charge is 0.381 e. The molecule has 1 saturated carbocycles. The minimum atomic E-state index is 0.555. The molecular formula is C16H31NO. The first kappa shape index (κ1) is 14.3. The van der Waals surface area contributed by atoms with E-state index in [1.54, 1.807) is 0 Å². The van der Waals surface area contributed by atoms with Gasteiger partial charge in [-0.1, -0.05) is 20.8 Å². The van der Waals surface area contributed by atoms with Gasteiger partial charge >= 0.3 is 0 Å². The van der Waals surface area contributed by atoms with E-state index >= 15 is 0 Å². The van der Waals surface area contributed by atoms with Gasteiger partial charge in [0.15, 0.2) is 0 Å². The summed E-state index contributed by atoms with van der Waals surface area (Å²) >= 11 is 0. The molecule has 0 amide bonds. The lowest BCUT2D eigenvalue weighted by molar-refractivity contribution is 0.0493. The minimum absolute atomic E-state index is 0.555. The predicted molar refractivity (Wildman–Crippen MR) is 76.7 cm³/mol. The van der Waals surface area contributed by atoms with E-state index in [2.05, 4.69) is 33.0 Å². The third-order valence-electron chi connectivity index (χ3n) is 5.14. The fourth-order valence-electron chi connectivity index (χ4n) is 3.88. The van der Waals surface area contributed by atoms with E-state index in [0.717, 1.165) is 31.1 Å². The van der Waals surface area contributed by atoms with Crippen molar-refractivity contribution in [3.63, 3.8) is 0 Å². The molecule has 2 aliphatic rings. The van der Waals surface area contributed by atoms with Crippen LogP contribution in [-0.4, -0.2) is 25.3 Å². The van der Waals surface area contributed by atoms with Gasteiger partial charge in [-0.25, -0.2) is 0 Å². The number of ether oxygens (including phenoxy) is 1. The van der Waals surface area contributed by atoms with Gasteiger partial charge in [0.05, 0.1) is 0 Å². The van der Waals surface area contributed by atoms with Crippen molar-refractivity contribution in [2.45, 2.75) is 71.9 Å². The Balaban J connectivity index is 1.81. The van der Waals surface area contributed by atoms with Gasteiger partial charge in [-0.2, -0.15) is 0 Å². The summed E-state index contributed by atoms with van der Waals surface area (Å²) in [7, 11) is 0. The van der Waals surface area contributed by atoms with E-state index in [1.807, 2.05) is 0 Å². The average Bonchev–Trinajstić information content (AvgIpc) is 2.33. The summed E-state index contributed by atoms with van der Waals surface area (Å²) in [6.45, 7) is 11.6. The van der Waals surface area contributed by atoms with Gasteiger partial charge in [0, 0.05) is 25.3 Å². The van der Waals surface area contributed by atoms with E-state index in [4.69, 9.17) is 4.74 Å². The van der Waals surface area contributed by atoms with Crippen LogP contribution in [0.15, 0.2) is 0 Å². The zero-order valence-corrected chi connectivity index (χ0v) is 12.7. The average molecular weight is 253 g/mol. The summed E-state index contributed by atoms with van der Waals surface area (Å²) < 4.78 is 5.46. The lowest BCUT2D eigenvalue weighted by Gasteiger charge is -2.42. The highest BCUT2D eigenvalue weighted by molar-refractivity contribution is 4.89. The summed E-state index contributed by atoms with van der Waals surface area (Å²) in [5.74, 6) is 1.64. The van der Waals surface area contributed by atoms with Crippen molar-refractivity contribution in [3.05, 3.63) is 0 Å². The highest BCUT2D eigenvalue weighted by Gasteiger charge is 2.33. The molecule has 0 bridgehead atoms. The number of rotatable bonds is 3. The van der Waals surface area contributed by atoms with E-state index in [9.17, 15) is 0 Å². The zero-order chi connectivity index (χ0) is 13.2. The normalized spacial score (nSPS) is 35.3. The zero-order valence-electron chi connectivity index (χ0n) is 12.7. The van der Waals surface area contributed by atoms with Gasteiger partial charge in [0.1, 0.15) is 0 Å². The quantitative estimate of drug-likeness (QED) is 0.829. The lowest BCUT2D eigenvalue weighted by atomic mass is 9.70. The molecule has 1 heterocycles. The maximum Gasteiger partial charge on any atom is 0.0469 e. The lowest BCUT2D eigenvalue weighted by Crippen LogP contribution is -2.48. The van der Waals surface area contributed by atoms with Crippen LogP contribution < -0.4 is 5.32 Å². The first-order chi connectivity index (χ1) is 8.48. The molecule has 18 heavy (non-hydrogen) atoms. The van der Waals surface area contributed by atoms with Crippen LogP contribution >= 0.6 is 0 Å². The Morgan fingerprint density at radius 1 is 1.17 bits per heavy atom. The molecule has 1 aliphatic heterocycles. The minimum Gasteiger partial charge on any atom is -0.381 e. The van der Waals surface area contributed by atoms with E-state index in [1.165, 1.54) is 32.1 Å². The second-order valence-electron chi connectivity index (χ2n) is 7.40. The molecule has 1 saturated heterocycles. The van der Waals surface area contributed by atoms with Crippen molar-refractivity contribution in [1.82, 2.24) is 5.32 Å². The summed E-state index contributed by atoms with van der Waals surface area (Å²) in [5, 5.41) is 3.92. The van der Waals surface area contributed by atoms with E-state index in [0.29, 0.717) is 11.5 Å². The SMILES string of the molecule is CC1CC(C)(C)CCC1NC(C)C1CCOCC1. The monoisotopic (exact) mass is 253 g/mol. The van der Waals surface area contributed by atoms with Crippen LogP contribution in [0.5, 0.6) is 0 Å². The van der Waals surface area contributed by atoms with Crippen LogP contribution in [0.1, 0.15) is 59.8 Å². The Kier molecular flexibility index (Phi) is 4.71. The molecule has 3 unspecified atom stereocenters. The topological polar surface area (TPSA) is 21.3 Å². The van der Waals surface area contributed by atoms with Crippen LogP contribution in [0.2, 0.25) is 0 Å². The Hall–Kier alpha value is -0.0800. The predicted octanol–water partition coefficient (Wildman–Crippen LogP) is 3.61. The molecular weight excluding hydrogens is 222 g/mol. The highest BCUT2D eigenvalue weighted by atomic mass is 16.5. The first-order valence-corrected chi connectivity index (χ1v) is 7.82. The molecule has 0 aromatic rings. The molecule has 0 radical (unpaired) electrons. The Labute approximate surface area is 113 Å². The fourth-order valence-corrected chi connectivity index (χ4v) is 3.88. The van der Waals surface area contributed by atoms with Gasteiger partial charge in [0.2, 0.25) is 0 Å². The molecule has 3 atom stereocenters. The number of hydrogen-bond donors (Lipinski definition) is 1. The van der Waals surface area contributed by atoms with Gasteiger partial charge in [-0.3, -0.25) is 0 Å². The third kappa shape index (κ3) is 3.71. The smallest absolute Gasteiger partial charge is 0.0469 e. The maximum atomic E-state index is 5.46. The van der Waals surface area contributed by atoms with E-state index in [-0.39, 0.29) is 0 Å². The number of hydrogen-bond acceptors (Lipinski definition) is 2. The Morgan fingerprint density at radius 2 is 1.83 bits per heavy atom. The Morgan fingerprint density at radius 3 is 2.44 bits per heavy atom. The Bertz CT molecular complexity index is 258. The second-order valence-corrected chi connectivity index (χ2v) is 7.40. The molecule has 1 aliphatic carbocycles. The van der Waals surface area contributed by atoms with Crippen LogP contribution in [0.3, 0.4) is 0 Å². The van der Waals surface area contributed by atoms with Crippen molar-refractivity contribution in [3.8, 4) is 0 Å². The van der Waals surface area contributed by atoms with Crippen LogP contribution in [-0.2, 0) is 4.74 Å². The fraction of sp³-hybridized carbons (Fsp3) is 1.00. The van der Waals surface area contributed by atoms with Gasteiger partial charge in [-0.05, 0) is 56.3 Å². The van der Waals surface area contributed by atoms with Crippen molar-refractivity contribution in [2.75, 3.05) is 13.2 Å². The standard InChI is InChI=1S/C16H31NO/c1-12-11-16(3,4)8-5-15(12)17-13(2)14-6-9-18-10-7-14/h12-15,17H,5-11H2,1-4H3. The van der Waals surface area contributed by atoms with Crippen molar-refractivity contribution in [2.24, 2.45) is 17.3 Å². The number of nitrogens with one attached hydrogen (secondary N) is 1. The van der Waals surface area contributed by atoms with E-state index < -0.39 is 0 Å².